The van der Waals surface area contributed by atoms with Crippen LogP contribution in [0, 0.1) is 80.8 Å². The molecule has 22 atom stereocenters. The van der Waals surface area contributed by atoms with Crippen molar-refractivity contribution in [2.45, 2.75) is 205 Å². The Balaban J connectivity index is 0.768. The molecule has 0 unspecified atom stereocenters. The van der Waals surface area contributed by atoms with Crippen molar-refractivity contribution in [2.75, 3.05) is 6.61 Å². The number of fused-ring (bicyclic) bond motifs is 16. The first-order valence-corrected chi connectivity index (χ1v) is 26.1. The van der Waals surface area contributed by atoms with E-state index in [0.717, 1.165) is 86.1 Å². The van der Waals surface area contributed by atoms with Gasteiger partial charge < -0.3 is 39.4 Å². The summed E-state index contributed by atoms with van der Waals surface area (Å²) in [7, 11) is 0. The molecular weight excluding hydrogens is 821 g/mol. The number of ketones is 1. The van der Waals surface area contributed by atoms with Crippen molar-refractivity contribution in [3.05, 3.63) is 34.4 Å². The highest BCUT2D eigenvalue weighted by Crippen LogP contribution is 2.73. The molecule has 0 amide bonds. The molecule has 0 bridgehead atoms. The van der Waals surface area contributed by atoms with Crippen LogP contribution in [-0.4, -0.2) is 95.6 Å². The standard InChI is InChI=1S/C54H76N2O9/c1-26-45-40(63-52(26)14-12-46(3,4)65-52)19-32-30-11-10-28-16-35-37(23-48(28,6)31(30)20-41(58)50(32,45)8)56-36-17-29-18-39(57)44-33(49(29,7)24-38(36)55-35)21-42(59)51(9)34(44)22-43-54(51,61)27(2)53(64-43)15-13-47(5,60)25-62-53/h22,26-33,39-40,42-45,57,59-61H,10-21,23-25H2,1-9H3/t26-,27+,28-,29+,30+,31-,32+,33-,39-,40-,42+,43-,44+,45-,47+,48-,49-,50+,51+,52-,53+,54+/m0/s1. The van der Waals surface area contributed by atoms with Crippen LogP contribution >= 0.6 is 0 Å². The monoisotopic (exact) mass is 897 g/mol. The van der Waals surface area contributed by atoms with Crippen molar-refractivity contribution in [2.24, 2.45) is 80.8 Å². The Morgan fingerprint density at radius 1 is 0.723 bits per heavy atom. The van der Waals surface area contributed by atoms with Crippen molar-refractivity contribution in [3.8, 4) is 0 Å². The normalized spacial score (nSPS) is 58.7. The summed E-state index contributed by atoms with van der Waals surface area (Å²) >= 11 is 0. The molecule has 4 N–H and O–H groups in total. The lowest BCUT2D eigenvalue weighted by atomic mass is 9.43. The zero-order valence-electron chi connectivity index (χ0n) is 40.5. The summed E-state index contributed by atoms with van der Waals surface area (Å²) in [5, 5.41) is 48.4. The predicted octanol–water partition coefficient (Wildman–Crippen LogP) is 6.61. The van der Waals surface area contributed by atoms with Crippen molar-refractivity contribution >= 4 is 5.78 Å². The zero-order chi connectivity index (χ0) is 45.6. The second-order valence-electron chi connectivity index (χ2n) is 26.6. The minimum Gasteiger partial charge on any atom is -0.392 e. The molecular formula is C54H76N2O9. The van der Waals surface area contributed by atoms with Crippen LogP contribution in [0.2, 0.25) is 0 Å². The molecule has 1 aromatic heterocycles. The van der Waals surface area contributed by atoms with Crippen LogP contribution in [0.1, 0.15) is 149 Å². The third-order valence-corrected chi connectivity index (χ3v) is 23.4. The molecule has 0 radical (unpaired) electrons. The van der Waals surface area contributed by atoms with Crippen LogP contribution in [0.5, 0.6) is 0 Å². The summed E-state index contributed by atoms with van der Waals surface area (Å²) in [6.07, 6.45) is 11.1. The van der Waals surface area contributed by atoms with Crippen molar-refractivity contribution in [1.82, 2.24) is 9.97 Å². The lowest BCUT2D eigenvalue weighted by Crippen LogP contribution is -2.66. The fourth-order valence-electron chi connectivity index (χ4n) is 19.6. The highest BCUT2D eigenvalue weighted by molar-refractivity contribution is 5.87. The molecule has 12 aliphatic rings. The van der Waals surface area contributed by atoms with Gasteiger partial charge in [0, 0.05) is 53.8 Å². The van der Waals surface area contributed by atoms with E-state index in [1.165, 1.54) is 0 Å². The quantitative estimate of drug-likeness (QED) is 0.208. The van der Waals surface area contributed by atoms with E-state index in [9.17, 15) is 25.2 Å². The highest BCUT2D eigenvalue weighted by atomic mass is 16.7. The van der Waals surface area contributed by atoms with Crippen molar-refractivity contribution in [3.63, 3.8) is 0 Å². The third-order valence-electron chi connectivity index (χ3n) is 23.4. The maximum absolute atomic E-state index is 14.9. The Morgan fingerprint density at radius 2 is 1.40 bits per heavy atom. The van der Waals surface area contributed by atoms with Crippen LogP contribution in [0.3, 0.4) is 0 Å². The number of aromatic nitrogens is 2. The van der Waals surface area contributed by atoms with Gasteiger partial charge in [-0.3, -0.25) is 14.8 Å². The lowest BCUT2D eigenvalue weighted by Gasteiger charge is -2.62. The van der Waals surface area contributed by atoms with E-state index in [4.69, 9.17) is 28.9 Å². The molecule has 356 valence electrons. The first kappa shape index (κ1) is 43.2. The summed E-state index contributed by atoms with van der Waals surface area (Å²) in [6, 6.07) is 0. The number of aliphatic hydroxyl groups is 4. The molecule has 8 aliphatic carbocycles. The Bertz CT molecular complexity index is 2290. The molecule has 9 fully saturated rings. The maximum atomic E-state index is 14.9. The molecule has 1 aromatic rings. The molecule has 65 heavy (non-hydrogen) atoms. The average Bonchev–Trinajstić information content (AvgIpc) is 3.94. The predicted molar refractivity (Wildman–Crippen MR) is 239 cm³/mol. The Kier molecular flexibility index (Phi) is 8.59. The average molecular weight is 897 g/mol. The van der Waals surface area contributed by atoms with Gasteiger partial charge in [0.2, 0.25) is 0 Å². The molecule has 0 aromatic carbocycles. The third kappa shape index (κ3) is 5.14. The molecule has 2 spiro atoms. The number of carbonyl (C=O) groups excluding carboxylic acids is 1. The van der Waals surface area contributed by atoms with E-state index in [-0.39, 0.29) is 64.1 Å². The van der Waals surface area contributed by atoms with Gasteiger partial charge in [-0.25, -0.2) is 0 Å². The van der Waals surface area contributed by atoms with E-state index >= 15 is 0 Å². The topological polar surface area (TPSA) is 161 Å². The van der Waals surface area contributed by atoms with Gasteiger partial charge in [0.05, 0.1) is 58.9 Å². The fourth-order valence-corrected chi connectivity index (χ4v) is 19.6. The van der Waals surface area contributed by atoms with Crippen LogP contribution in [0.15, 0.2) is 11.6 Å². The first-order valence-electron chi connectivity index (χ1n) is 26.1. The van der Waals surface area contributed by atoms with Crippen LogP contribution in [0.25, 0.3) is 0 Å². The summed E-state index contributed by atoms with van der Waals surface area (Å²) in [6.45, 7) is 19.7. The molecule has 5 heterocycles. The molecule has 5 saturated carbocycles. The first-order chi connectivity index (χ1) is 30.4. The van der Waals surface area contributed by atoms with Gasteiger partial charge >= 0.3 is 0 Å². The van der Waals surface area contributed by atoms with Gasteiger partial charge in [-0.2, -0.15) is 0 Å². The van der Waals surface area contributed by atoms with E-state index in [0.29, 0.717) is 61.6 Å². The van der Waals surface area contributed by atoms with Gasteiger partial charge in [0.1, 0.15) is 17.5 Å². The Hall–Kier alpha value is -1.83. The number of Topliss-reactive ketones (excluding diaryl/α,β-unsaturated/α-hetero) is 1. The van der Waals surface area contributed by atoms with Crippen molar-refractivity contribution in [1.29, 1.82) is 0 Å². The zero-order valence-corrected chi connectivity index (χ0v) is 40.5. The SMILES string of the molecule is C[C@@H]1[C@@]2(CC[C@@](C)(O)CO2)O[C@H]2C=C3[C@@H]4[C@@H](O)C[C@H]5Cc6nc7c(nc6C[C@]5(C)[C@H]4C[C@@H](O)[C@]3(C)[C@]21O)C[C@@H]1CC[C@H]2[C@H]3C[C@@H]4O[C@]5(CCC(C)(C)O5)[C@@H](C)[C@@H]4[C@@]3(C)C(=O)C[C@@H]2[C@@]1(C)C7. The number of rotatable bonds is 0. The maximum Gasteiger partial charge on any atom is 0.174 e. The minimum absolute atomic E-state index is 0.0102. The van der Waals surface area contributed by atoms with Gasteiger partial charge in [-0.1, -0.05) is 53.2 Å². The van der Waals surface area contributed by atoms with E-state index in [2.05, 4.69) is 41.5 Å². The minimum atomic E-state index is -1.43. The number of aliphatic hydroxyl groups excluding tert-OH is 2. The number of carbonyl (C=O) groups is 1. The molecule has 13 rings (SSSR count). The van der Waals surface area contributed by atoms with E-state index in [1.54, 1.807) is 6.92 Å². The lowest BCUT2D eigenvalue weighted by molar-refractivity contribution is -0.289. The fraction of sp³-hybridized carbons (Fsp3) is 0.870. The second kappa shape index (κ2) is 12.9. The van der Waals surface area contributed by atoms with E-state index < -0.39 is 52.4 Å². The molecule has 11 heteroatoms. The number of hydrogen-bond acceptors (Lipinski definition) is 11. The smallest absolute Gasteiger partial charge is 0.174 e. The summed E-state index contributed by atoms with van der Waals surface area (Å²) in [4.78, 5) is 26.0. The summed E-state index contributed by atoms with van der Waals surface area (Å²) < 4.78 is 26.7. The molecule has 4 aliphatic heterocycles. The summed E-state index contributed by atoms with van der Waals surface area (Å²) in [5.41, 5.74) is 1.13. The van der Waals surface area contributed by atoms with E-state index in [1.807, 2.05) is 19.9 Å². The van der Waals surface area contributed by atoms with Crippen LogP contribution in [0.4, 0.5) is 0 Å². The molecule has 4 saturated heterocycles. The number of hydrogen-bond donors (Lipinski definition) is 4. The van der Waals surface area contributed by atoms with Gasteiger partial charge in [-0.15, -0.1) is 0 Å². The Morgan fingerprint density at radius 3 is 2.06 bits per heavy atom. The second-order valence-corrected chi connectivity index (χ2v) is 26.6. The largest absolute Gasteiger partial charge is 0.392 e. The highest BCUT2D eigenvalue weighted by Gasteiger charge is 2.78. The van der Waals surface area contributed by atoms with Crippen LogP contribution in [-0.2, 0) is 49.4 Å². The number of ether oxygens (including phenoxy) is 4. The van der Waals surface area contributed by atoms with Crippen LogP contribution < -0.4 is 0 Å². The molecule has 11 nitrogen and oxygen atoms in total. The van der Waals surface area contributed by atoms with Gasteiger partial charge in [-0.05, 0) is 138 Å². The van der Waals surface area contributed by atoms with Gasteiger partial charge in [0.25, 0.3) is 0 Å². The Labute approximate surface area is 385 Å². The summed E-state index contributed by atoms with van der Waals surface area (Å²) in [5.74, 6) is 0.346. The number of nitrogens with zero attached hydrogens (tertiary/aromatic N) is 2. The van der Waals surface area contributed by atoms with Crippen molar-refractivity contribution < 1.29 is 44.2 Å². The van der Waals surface area contributed by atoms with Gasteiger partial charge in [0.15, 0.2) is 11.6 Å².